The number of amides is 1. The molecule has 0 aromatic heterocycles. The van der Waals surface area contributed by atoms with Crippen molar-refractivity contribution in [1.29, 1.82) is 0 Å². The SMILES string of the molecule is O=C(C1CCCN1S(=O)(=O)c1ccc(F)cc1)N1CCN(Cc2ccc3c(c2)CCO3)CC1. The molecule has 2 aromatic rings. The van der Waals surface area contributed by atoms with Crippen LogP contribution in [0, 0.1) is 5.82 Å². The van der Waals surface area contributed by atoms with Gasteiger partial charge < -0.3 is 9.64 Å². The van der Waals surface area contributed by atoms with E-state index in [-0.39, 0.29) is 10.8 Å². The molecule has 3 aliphatic heterocycles. The monoisotopic (exact) mass is 473 g/mol. The highest BCUT2D eigenvalue weighted by molar-refractivity contribution is 7.89. The molecular weight excluding hydrogens is 445 g/mol. The number of carbonyl (C=O) groups is 1. The molecule has 7 nitrogen and oxygen atoms in total. The molecule has 1 unspecified atom stereocenters. The van der Waals surface area contributed by atoms with E-state index in [2.05, 4.69) is 17.0 Å². The summed E-state index contributed by atoms with van der Waals surface area (Å²) in [4.78, 5) is 17.4. The summed E-state index contributed by atoms with van der Waals surface area (Å²) in [5, 5.41) is 0. The minimum Gasteiger partial charge on any atom is -0.493 e. The molecular formula is C24H28FN3O4S. The van der Waals surface area contributed by atoms with Crippen LogP contribution in [-0.2, 0) is 27.8 Å². The summed E-state index contributed by atoms with van der Waals surface area (Å²) in [6, 6.07) is 10.4. The molecule has 0 radical (unpaired) electrons. The van der Waals surface area contributed by atoms with Gasteiger partial charge in [0.05, 0.1) is 11.5 Å². The largest absolute Gasteiger partial charge is 0.493 e. The number of ether oxygens (including phenoxy) is 1. The summed E-state index contributed by atoms with van der Waals surface area (Å²) in [6.07, 6.45) is 2.10. The van der Waals surface area contributed by atoms with Crippen molar-refractivity contribution in [3.05, 3.63) is 59.4 Å². The van der Waals surface area contributed by atoms with Crippen molar-refractivity contribution >= 4 is 15.9 Å². The van der Waals surface area contributed by atoms with Gasteiger partial charge in [-0.1, -0.05) is 12.1 Å². The Bertz CT molecular complexity index is 1130. The fourth-order valence-corrected chi connectivity index (χ4v) is 6.60. The van der Waals surface area contributed by atoms with Crippen LogP contribution in [0.4, 0.5) is 4.39 Å². The van der Waals surface area contributed by atoms with Crippen LogP contribution in [0.3, 0.4) is 0 Å². The second kappa shape index (κ2) is 9.04. The minimum absolute atomic E-state index is 0.0214. The van der Waals surface area contributed by atoms with Crippen molar-refractivity contribution in [2.45, 2.75) is 36.7 Å². The maximum Gasteiger partial charge on any atom is 0.243 e. The Morgan fingerprint density at radius 2 is 1.79 bits per heavy atom. The number of benzene rings is 2. The Morgan fingerprint density at radius 3 is 2.55 bits per heavy atom. The maximum atomic E-state index is 13.3. The van der Waals surface area contributed by atoms with Gasteiger partial charge in [-0.3, -0.25) is 9.69 Å². The van der Waals surface area contributed by atoms with Crippen molar-refractivity contribution in [2.75, 3.05) is 39.3 Å². The number of rotatable bonds is 5. The predicted octanol–water partition coefficient (Wildman–Crippen LogP) is 2.26. The number of carbonyl (C=O) groups excluding carboxylic acids is 1. The Morgan fingerprint density at radius 1 is 1.03 bits per heavy atom. The van der Waals surface area contributed by atoms with E-state index in [4.69, 9.17) is 4.74 Å². The topological polar surface area (TPSA) is 70.2 Å². The van der Waals surface area contributed by atoms with E-state index in [1.807, 2.05) is 6.07 Å². The van der Waals surface area contributed by atoms with E-state index in [9.17, 15) is 17.6 Å². The average molecular weight is 474 g/mol. The minimum atomic E-state index is -3.85. The van der Waals surface area contributed by atoms with Gasteiger partial charge >= 0.3 is 0 Å². The molecule has 9 heteroatoms. The highest BCUT2D eigenvalue weighted by Crippen LogP contribution is 2.29. The van der Waals surface area contributed by atoms with Gasteiger partial charge in [-0.15, -0.1) is 0 Å². The van der Waals surface area contributed by atoms with Gasteiger partial charge in [0.15, 0.2) is 0 Å². The van der Waals surface area contributed by atoms with Crippen molar-refractivity contribution < 1.29 is 22.3 Å². The van der Waals surface area contributed by atoms with Crippen LogP contribution in [0.2, 0.25) is 0 Å². The molecule has 0 saturated carbocycles. The van der Waals surface area contributed by atoms with E-state index < -0.39 is 21.9 Å². The molecule has 5 rings (SSSR count). The summed E-state index contributed by atoms with van der Waals surface area (Å²) in [7, 11) is -3.85. The standard InChI is InChI=1S/C24H28FN3O4S/c25-20-4-6-21(7-5-20)33(30,31)28-10-1-2-22(28)24(29)27-13-11-26(12-14-27)17-18-3-8-23-19(16-18)9-15-32-23/h3-8,16,22H,1-2,9-15,17H2. The van der Waals surface area contributed by atoms with Crippen LogP contribution in [-0.4, -0.2) is 73.8 Å². The Balaban J connectivity index is 1.21. The molecule has 0 N–H and O–H groups in total. The zero-order valence-electron chi connectivity index (χ0n) is 18.5. The lowest BCUT2D eigenvalue weighted by atomic mass is 10.1. The lowest BCUT2D eigenvalue weighted by Gasteiger charge is -2.37. The van der Waals surface area contributed by atoms with Gasteiger partial charge in [0.1, 0.15) is 17.6 Å². The van der Waals surface area contributed by atoms with Crippen molar-refractivity contribution in [3.63, 3.8) is 0 Å². The zero-order chi connectivity index (χ0) is 23.0. The first kappa shape index (κ1) is 22.3. The van der Waals surface area contributed by atoms with Gasteiger partial charge in [-0.25, -0.2) is 12.8 Å². The molecule has 1 amide bonds. The summed E-state index contributed by atoms with van der Waals surface area (Å²) < 4.78 is 46.3. The maximum absolute atomic E-state index is 13.3. The summed E-state index contributed by atoms with van der Waals surface area (Å²) in [6.45, 7) is 4.52. The van der Waals surface area contributed by atoms with Gasteiger partial charge in [0.2, 0.25) is 15.9 Å². The smallest absolute Gasteiger partial charge is 0.243 e. The third-order valence-electron chi connectivity index (χ3n) is 6.75. The van der Waals surface area contributed by atoms with E-state index in [1.165, 1.54) is 27.6 Å². The first-order chi connectivity index (χ1) is 15.9. The van der Waals surface area contributed by atoms with Crippen LogP contribution >= 0.6 is 0 Å². The lowest BCUT2D eigenvalue weighted by Crippen LogP contribution is -2.54. The van der Waals surface area contributed by atoms with Gasteiger partial charge in [0.25, 0.3) is 0 Å². The average Bonchev–Trinajstić information content (AvgIpc) is 3.49. The molecule has 1 atom stereocenters. The molecule has 0 aliphatic carbocycles. The predicted molar refractivity (Wildman–Crippen MR) is 121 cm³/mol. The third kappa shape index (κ3) is 4.49. The van der Waals surface area contributed by atoms with Crippen molar-refractivity contribution in [1.82, 2.24) is 14.1 Å². The van der Waals surface area contributed by atoms with Crippen LogP contribution in [0.15, 0.2) is 47.4 Å². The molecule has 2 fully saturated rings. The van der Waals surface area contributed by atoms with Crippen LogP contribution in [0.1, 0.15) is 24.0 Å². The highest BCUT2D eigenvalue weighted by atomic mass is 32.2. The summed E-state index contributed by atoms with van der Waals surface area (Å²) >= 11 is 0. The first-order valence-corrected chi connectivity index (χ1v) is 12.9. The number of hydrogen-bond acceptors (Lipinski definition) is 5. The van der Waals surface area contributed by atoms with Crippen LogP contribution in [0.25, 0.3) is 0 Å². The van der Waals surface area contributed by atoms with E-state index in [1.54, 1.807) is 4.90 Å². The number of sulfonamides is 1. The Kier molecular flexibility index (Phi) is 6.11. The number of piperazine rings is 1. The molecule has 0 bridgehead atoms. The lowest BCUT2D eigenvalue weighted by molar-refractivity contribution is -0.136. The highest BCUT2D eigenvalue weighted by Gasteiger charge is 2.41. The summed E-state index contributed by atoms with van der Waals surface area (Å²) in [5.74, 6) is 0.354. The second-order valence-electron chi connectivity index (χ2n) is 8.87. The molecule has 2 aromatic carbocycles. The number of nitrogens with zero attached hydrogens (tertiary/aromatic N) is 3. The van der Waals surface area contributed by atoms with Gasteiger partial charge in [0, 0.05) is 45.7 Å². The number of halogens is 1. The Labute approximate surface area is 193 Å². The van der Waals surface area contributed by atoms with E-state index in [0.717, 1.165) is 50.5 Å². The number of fused-ring (bicyclic) bond motifs is 1. The fourth-order valence-electron chi connectivity index (χ4n) is 4.95. The molecule has 3 heterocycles. The number of hydrogen-bond donors (Lipinski definition) is 0. The quantitative estimate of drug-likeness (QED) is 0.666. The molecule has 176 valence electrons. The molecule has 0 spiro atoms. The third-order valence-corrected chi connectivity index (χ3v) is 8.68. The van der Waals surface area contributed by atoms with E-state index in [0.29, 0.717) is 32.5 Å². The zero-order valence-corrected chi connectivity index (χ0v) is 19.3. The molecule has 2 saturated heterocycles. The normalized spacial score (nSPS) is 21.7. The second-order valence-corrected chi connectivity index (χ2v) is 10.8. The molecule has 3 aliphatic rings. The van der Waals surface area contributed by atoms with Crippen molar-refractivity contribution in [2.24, 2.45) is 0 Å². The fraction of sp³-hybridized carbons (Fsp3) is 0.458. The van der Waals surface area contributed by atoms with Gasteiger partial charge in [-0.2, -0.15) is 4.31 Å². The Hall–Kier alpha value is -2.49. The van der Waals surface area contributed by atoms with Crippen molar-refractivity contribution in [3.8, 4) is 5.75 Å². The van der Waals surface area contributed by atoms with Crippen LogP contribution in [0.5, 0.6) is 5.75 Å². The van der Waals surface area contributed by atoms with Crippen LogP contribution < -0.4 is 4.74 Å². The van der Waals surface area contributed by atoms with Gasteiger partial charge in [-0.05, 0) is 54.3 Å². The first-order valence-electron chi connectivity index (χ1n) is 11.4. The van der Waals surface area contributed by atoms with E-state index >= 15 is 0 Å². The molecule has 33 heavy (non-hydrogen) atoms. The summed E-state index contributed by atoms with van der Waals surface area (Å²) in [5.41, 5.74) is 2.50.